The number of aryl methyl sites for hydroxylation is 1. The number of nitrogens with zero attached hydrogens (tertiary/aromatic N) is 3. The highest BCUT2D eigenvalue weighted by Crippen LogP contribution is 2.45. The molecule has 5 rings (SSSR count). The van der Waals surface area contributed by atoms with E-state index in [9.17, 15) is 14.3 Å². The second-order valence-electron chi connectivity index (χ2n) is 9.08. The minimum Gasteiger partial charge on any atom is -0.487 e. The smallest absolute Gasteiger partial charge is 0.303 e. The summed E-state index contributed by atoms with van der Waals surface area (Å²) in [6.45, 7) is 2.15. The summed E-state index contributed by atoms with van der Waals surface area (Å²) in [5.41, 5.74) is 2.76. The third kappa shape index (κ3) is 5.77. The molecule has 1 aliphatic carbocycles. The standard InChI is InChI=1S/C28H26FN3O4S/c1-16-6-9-24(37-16)28-27(22-11-25(35-2)30-14-23(22)29)31-13-19(32-28)15-36-20-5-3-4-18(10-20)21(12-26(33)34)17-7-8-17/h3-6,9-11,13-14,17,21H,7-8,12,15H2,1-2H3,(H,33,34). The molecule has 9 heteroatoms. The zero-order valence-corrected chi connectivity index (χ0v) is 21.3. The van der Waals surface area contributed by atoms with Crippen LogP contribution in [0.4, 0.5) is 4.39 Å². The molecular weight excluding hydrogens is 493 g/mol. The van der Waals surface area contributed by atoms with Crippen molar-refractivity contribution in [2.24, 2.45) is 5.92 Å². The highest BCUT2D eigenvalue weighted by Gasteiger charge is 2.33. The second-order valence-corrected chi connectivity index (χ2v) is 10.4. The van der Waals surface area contributed by atoms with E-state index >= 15 is 0 Å². The van der Waals surface area contributed by atoms with Crippen LogP contribution < -0.4 is 9.47 Å². The lowest BCUT2D eigenvalue weighted by Gasteiger charge is -2.16. The minimum atomic E-state index is -0.793. The SMILES string of the molecule is COc1cc(-c2ncc(COc3cccc(C(CC(=O)O)C4CC4)c3)nc2-c2ccc(C)s2)c(F)cn1. The molecule has 0 aliphatic heterocycles. The first kappa shape index (κ1) is 24.8. The van der Waals surface area contributed by atoms with Crippen molar-refractivity contribution in [3.05, 3.63) is 76.8 Å². The van der Waals surface area contributed by atoms with E-state index in [4.69, 9.17) is 14.5 Å². The Morgan fingerprint density at radius 1 is 1.16 bits per heavy atom. The fraction of sp³-hybridized carbons (Fsp3) is 0.286. The molecule has 1 N–H and O–H groups in total. The third-order valence-corrected chi connectivity index (χ3v) is 7.36. The van der Waals surface area contributed by atoms with E-state index in [0.717, 1.165) is 34.4 Å². The third-order valence-electron chi connectivity index (χ3n) is 6.35. The summed E-state index contributed by atoms with van der Waals surface area (Å²) in [7, 11) is 1.48. The van der Waals surface area contributed by atoms with Gasteiger partial charge < -0.3 is 14.6 Å². The molecule has 1 saturated carbocycles. The van der Waals surface area contributed by atoms with Gasteiger partial charge in [-0.25, -0.2) is 14.4 Å². The van der Waals surface area contributed by atoms with Crippen molar-refractivity contribution in [3.63, 3.8) is 0 Å². The molecule has 3 heterocycles. The van der Waals surface area contributed by atoms with Gasteiger partial charge in [0.25, 0.3) is 0 Å². The van der Waals surface area contributed by atoms with Crippen molar-refractivity contribution in [1.29, 1.82) is 0 Å². The maximum atomic E-state index is 14.8. The Labute approximate surface area is 218 Å². The molecule has 1 aliphatic rings. The van der Waals surface area contributed by atoms with Crippen molar-refractivity contribution in [1.82, 2.24) is 15.0 Å². The van der Waals surface area contributed by atoms with Crippen molar-refractivity contribution in [2.45, 2.75) is 38.7 Å². The fourth-order valence-corrected chi connectivity index (χ4v) is 5.23. The molecular formula is C28H26FN3O4S. The van der Waals surface area contributed by atoms with Gasteiger partial charge in [0.15, 0.2) is 5.82 Å². The second kappa shape index (κ2) is 10.6. The summed E-state index contributed by atoms with van der Waals surface area (Å²) < 4.78 is 26.0. The van der Waals surface area contributed by atoms with Crippen molar-refractivity contribution < 1.29 is 23.8 Å². The number of aromatic nitrogens is 3. The number of carboxylic acids is 1. The van der Waals surface area contributed by atoms with Crippen LogP contribution in [-0.2, 0) is 11.4 Å². The Bertz CT molecular complexity index is 1440. The largest absolute Gasteiger partial charge is 0.487 e. The number of halogens is 1. The molecule has 0 spiro atoms. The van der Waals surface area contributed by atoms with Crippen LogP contribution in [0, 0.1) is 18.7 Å². The van der Waals surface area contributed by atoms with E-state index in [1.165, 1.54) is 13.2 Å². The van der Waals surface area contributed by atoms with Gasteiger partial charge in [-0.2, -0.15) is 0 Å². The van der Waals surface area contributed by atoms with E-state index in [-0.39, 0.29) is 30.4 Å². The number of aliphatic carboxylic acids is 1. The Morgan fingerprint density at radius 2 is 2.00 bits per heavy atom. The van der Waals surface area contributed by atoms with E-state index in [1.807, 2.05) is 43.3 Å². The molecule has 0 radical (unpaired) electrons. The molecule has 0 bridgehead atoms. The van der Waals surface area contributed by atoms with Crippen molar-refractivity contribution >= 4 is 17.3 Å². The molecule has 1 aromatic carbocycles. The monoisotopic (exact) mass is 519 g/mol. The van der Waals surface area contributed by atoms with Crippen LogP contribution >= 0.6 is 11.3 Å². The lowest BCUT2D eigenvalue weighted by atomic mass is 9.91. The average molecular weight is 520 g/mol. The molecule has 1 atom stereocenters. The molecule has 0 saturated heterocycles. The maximum Gasteiger partial charge on any atom is 0.303 e. The molecule has 37 heavy (non-hydrogen) atoms. The van der Waals surface area contributed by atoms with Crippen LogP contribution in [0.15, 0.2) is 54.9 Å². The highest BCUT2D eigenvalue weighted by molar-refractivity contribution is 7.15. The summed E-state index contributed by atoms with van der Waals surface area (Å²) in [4.78, 5) is 26.6. The Balaban J connectivity index is 1.43. The molecule has 190 valence electrons. The summed E-state index contributed by atoms with van der Waals surface area (Å²) in [5, 5.41) is 9.34. The van der Waals surface area contributed by atoms with Crippen LogP contribution in [0.2, 0.25) is 0 Å². The van der Waals surface area contributed by atoms with E-state index in [0.29, 0.717) is 28.7 Å². The van der Waals surface area contributed by atoms with Crippen molar-refractivity contribution in [2.75, 3.05) is 7.11 Å². The number of ether oxygens (including phenoxy) is 2. The maximum absolute atomic E-state index is 14.8. The first-order valence-corrected chi connectivity index (χ1v) is 12.8. The number of rotatable bonds is 10. The lowest BCUT2D eigenvalue weighted by Crippen LogP contribution is -2.09. The number of thiophene rings is 1. The van der Waals surface area contributed by atoms with Gasteiger partial charge in [-0.15, -0.1) is 11.3 Å². The number of hydrogen-bond acceptors (Lipinski definition) is 7. The molecule has 4 aromatic rings. The Hall–Kier alpha value is -3.85. The summed E-state index contributed by atoms with van der Waals surface area (Å²) in [5.74, 6) is 0.00840. The topological polar surface area (TPSA) is 94.4 Å². The van der Waals surface area contributed by atoms with Gasteiger partial charge in [0.1, 0.15) is 23.7 Å². The first-order valence-electron chi connectivity index (χ1n) is 12.0. The van der Waals surface area contributed by atoms with Crippen LogP contribution in [-0.4, -0.2) is 33.1 Å². The van der Waals surface area contributed by atoms with Crippen LogP contribution in [0.25, 0.3) is 21.8 Å². The minimum absolute atomic E-state index is 0.0129. The fourth-order valence-electron chi connectivity index (χ4n) is 4.37. The zero-order valence-electron chi connectivity index (χ0n) is 20.5. The van der Waals surface area contributed by atoms with Crippen LogP contribution in [0.1, 0.15) is 41.3 Å². The number of carbonyl (C=O) groups is 1. The predicted octanol–water partition coefficient (Wildman–Crippen LogP) is 6.27. The number of benzene rings is 1. The van der Waals surface area contributed by atoms with E-state index in [1.54, 1.807) is 17.5 Å². The van der Waals surface area contributed by atoms with Gasteiger partial charge in [0, 0.05) is 16.5 Å². The number of pyridine rings is 1. The number of carboxylic acid groups (broad SMARTS) is 1. The predicted molar refractivity (Wildman–Crippen MR) is 138 cm³/mol. The molecule has 3 aromatic heterocycles. The Morgan fingerprint density at radius 3 is 2.70 bits per heavy atom. The van der Waals surface area contributed by atoms with Gasteiger partial charge in [-0.05, 0) is 61.4 Å². The zero-order chi connectivity index (χ0) is 25.9. The van der Waals surface area contributed by atoms with Gasteiger partial charge in [0.2, 0.25) is 5.88 Å². The van der Waals surface area contributed by atoms with Gasteiger partial charge in [-0.1, -0.05) is 12.1 Å². The van der Waals surface area contributed by atoms with Crippen LogP contribution in [0.5, 0.6) is 11.6 Å². The summed E-state index contributed by atoms with van der Waals surface area (Å²) >= 11 is 1.55. The highest BCUT2D eigenvalue weighted by atomic mass is 32.1. The normalized spacial score (nSPS) is 13.8. The van der Waals surface area contributed by atoms with Gasteiger partial charge in [0.05, 0.1) is 36.5 Å². The van der Waals surface area contributed by atoms with Crippen LogP contribution in [0.3, 0.4) is 0 Å². The Kier molecular flexibility index (Phi) is 7.14. The summed E-state index contributed by atoms with van der Waals surface area (Å²) in [6.07, 6.45) is 4.91. The molecule has 7 nitrogen and oxygen atoms in total. The number of hydrogen-bond donors (Lipinski definition) is 1. The van der Waals surface area contributed by atoms with E-state index < -0.39 is 11.8 Å². The van der Waals surface area contributed by atoms with Gasteiger partial charge in [-0.3, -0.25) is 9.78 Å². The molecule has 0 amide bonds. The molecule has 1 unspecified atom stereocenters. The summed E-state index contributed by atoms with van der Waals surface area (Å²) in [6, 6.07) is 13.0. The number of methoxy groups -OCH3 is 1. The first-order chi connectivity index (χ1) is 17.9. The quantitative estimate of drug-likeness (QED) is 0.264. The van der Waals surface area contributed by atoms with Crippen molar-refractivity contribution in [3.8, 4) is 33.5 Å². The van der Waals surface area contributed by atoms with E-state index in [2.05, 4.69) is 9.97 Å². The van der Waals surface area contributed by atoms with Gasteiger partial charge >= 0.3 is 5.97 Å². The molecule has 1 fully saturated rings. The lowest BCUT2D eigenvalue weighted by molar-refractivity contribution is -0.137. The average Bonchev–Trinajstić information content (AvgIpc) is 3.65.